The molecule has 0 aliphatic heterocycles. The van der Waals surface area contributed by atoms with Crippen LogP contribution in [0.25, 0.3) is 45.8 Å². The Morgan fingerprint density at radius 1 is 0.400 bits per heavy atom. The summed E-state index contributed by atoms with van der Waals surface area (Å²) in [5, 5.41) is 48.8. The molecule has 115 heavy (non-hydrogen) atoms. The summed E-state index contributed by atoms with van der Waals surface area (Å²) >= 11 is 35.4. The number of anilines is 6. The first-order valence-electron chi connectivity index (χ1n) is 33.1. The van der Waals surface area contributed by atoms with Gasteiger partial charge in [-0.3, -0.25) is 27.8 Å². The zero-order valence-electron chi connectivity index (χ0n) is 58.8. The SMILES string of the molecule is O=C(CN(C(=S)Nc1ccc(/C=C/c2ccc(NC(=S)NCCOCCNC(=S)Nc3ccc(/C=C/c4ccc(NC(=S)N(CC(=O)N/N=C/c5cc(Br)c(O)c(Br)c5)c5ccc6ccccc6c5)cc4S(=O)(=O)O)c(S(=O)(=O)O)c3)cc2S(=O)(=O)O)c(S(=O)(=O)O)c1)c1ccc2ccccc2c1)N/N=C/c1cc(Br)c(O)c(Br)c1. The summed E-state index contributed by atoms with van der Waals surface area (Å²) < 4.78 is 152. The van der Waals surface area contributed by atoms with Gasteiger partial charge >= 0.3 is 0 Å². The second-order valence-corrected chi connectivity index (χ2v) is 34.9. The highest BCUT2D eigenvalue weighted by molar-refractivity contribution is 9.11. The summed E-state index contributed by atoms with van der Waals surface area (Å²) in [5.41, 5.74) is 6.84. The van der Waals surface area contributed by atoms with Gasteiger partial charge in [0, 0.05) is 47.2 Å². The van der Waals surface area contributed by atoms with Gasteiger partial charge in [-0.15, -0.1) is 0 Å². The molecule has 2 amide bonds. The number of thiocarbonyl (C=S) groups is 4. The normalized spacial score (nSPS) is 12.0. The van der Waals surface area contributed by atoms with Crippen LogP contribution in [0.1, 0.15) is 33.4 Å². The van der Waals surface area contributed by atoms with E-state index in [0.717, 1.165) is 45.8 Å². The number of carbonyl (C=O) groups is 2. The van der Waals surface area contributed by atoms with Gasteiger partial charge in [-0.05, 0) is 265 Å². The number of amides is 2. The Bertz CT molecular complexity index is 5740. The van der Waals surface area contributed by atoms with Crippen LogP contribution < -0.4 is 52.6 Å². The monoisotopic (exact) mass is 1960 g/mol. The second-order valence-electron chi connectivity index (χ2n) is 24.3. The molecule has 0 heterocycles. The Morgan fingerprint density at radius 3 is 1.00 bits per heavy atom. The summed E-state index contributed by atoms with van der Waals surface area (Å²) in [6.07, 6.45) is 7.51. The van der Waals surface area contributed by atoms with Crippen molar-refractivity contribution in [2.45, 2.75) is 19.6 Å². The smallest absolute Gasteiger partial charge is 0.295 e. The molecule has 29 nitrogen and oxygen atoms in total. The Morgan fingerprint density at radius 2 is 0.696 bits per heavy atom. The topological polar surface area (TPSA) is 429 Å². The highest BCUT2D eigenvalue weighted by atomic mass is 79.9. The van der Waals surface area contributed by atoms with Gasteiger partial charge in [0.1, 0.15) is 44.2 Å². The van der Waals surface area contributed by atoms with Crippen LogP contribution in [-0.4, -0.2) is 146 Å². The lowest BCUT2D eigenvalue weighted by Crippen LogP contribution is -2.41. The van der Waals surface area contributed by atoms with Crippen molar-refractivity contribution >= 4 is 278 Å². The van der Waals surface area contributed by atoms with E-state index in [1.807, 2.05) is 60.7 Å². The largest absolute Gasteiger partial charge is 0.506 e. The molecule has 0 fully saturated rings. The Hall–Kier alpha value is -9.64. The predicted octanol–water partition coefficient (Wildman–Crippen LogP) is 13.8. The number of halogens is 4. The van der Waals surface area contributed by atoms with Crippen molar-refractivity contribution in [1.29, 1.82) is 0 Å². The van der Waals surface area contributed by atoms with Crippen LogP contribution in [0.2, 0.25) is 0 Å². The number of benzene rings is 10. The Kier molecular flexibility index (Phi) is 29.7. The van der Waals surface area contributed by atoms with Gasteiger partial charge in [-0.1, -0.05) is 109 Å². The lowest BCUT2D eigenvalue weighted by molar-refractivity contribution is -0.120. The maximum atomic E-state index is 13.4. The minimum atomic E-state index is -4.99. The number of phenols is 2. The quantitative estimate of drug-likeness (QED) is 0.00541. The van der Waals surface area contributed by atoms with Gasteiger partial charge in [0.05, 0.1) is 43.5 Å². The van der Waals surface area contributed by atoms with Gasteiger partial charge in [0.25, 0.3) is 52.3 Å². The molecule has 0 aliphatic carbocycles. The number of phenolic OH excluding ortho intramolecular Hbond substituents is 2. The predicted molar refractivity (Wildman–Crippen MR) is 476 cm³/mol. The van der Waals surface area contributed by atoms with E-state index in [4.69, 9.17) is 53.6 Å². The third-order valence-electron chi connectivity index (χ3n) is 16.2. The summed E-state index contributed by atoms with van der Waals surface area (Å²) in [6.45, 7) is -0.344. The molecule has 0 unspecified atom stereocenters. The van der Waals surface area contributed by atoms with E-state index < -0.39 is 85.0 Å². The first kappa shape index (κ1) is 87.7. The first-order valence-corrected chi connectivity index (χ1v) is 43.6. The number of hydrogen-bond donors (Lipinski definition) is 14. The van der Waals surface area contributed by atoms with Crippen LogP contribution in [0.4, 0.5) is 34.1 Å². The molecule has 0 spiro atoms. The third-order valence-corrected chi connectivity index (χ3v) is 23.4. The maximum Gasteiger partial charge on any atom is 0.295 e. The zero-order valence-corrected chi connectivity index (χ0v) is 71.6. The minimum absolute atomic E-state index is 0.0182. The average molecular weight is 1970 g/mol. The van der Waals surface area contributed by atoms with E-state index in [2.05, 4.69) is 117 Å². The number of rotatable bonds is 28. The average Bonchev–Trinajstić information content (AvgIpc) is 0.803. The molecular weight excluding hydrogens is 1910 g/mol. The highest BCUT2D eigenvalue weighted by Gasteiger charge is 2.25. The van der Waals surface area contributed by atoms with Crippen molar-refractivity contribution < 1.29 is 76.4 Å². The number of ether oxygens (including phenoxy) is 1. The van der Waals surface area contributed by atoms with E-state index in [0.29, 0.717) is 40.4 Å². The number of hydrogen-bond acceptors (Lipinski definition) is 19. The summed E-state index contributed by atoms with van der Waals surface area (Å²) in [5.74, 6) is -1.27. The molecule has 41 heteroatoms. The molecule has 10 aromatic rings. The van der Waals surface area contributed by atoms with Crippen molar-refractivity contribution in [3.63, 3.8) is 0 Å². The van der Waals surface area contributed by atoms with E-state index in [1.54, 1.807) is 48.5 Å². The zero-order chi connectivity index (χ0) is 83.1. The van der Waals surface area contributed by atoms with Crippen molar-refractivity contribution in [3.8, 4) is 11.5 Å². The fraction of sp³-hybridized carbons (Fsp3) is 0.0811. The molecule has 596 valence electrons. The van der Waals surface area contributed by atoms with Crippen LogP contribution in [0.15, 0.2) is 230 Å². The number of hydrazone groups is 2. The first-order chi connectivity index (χ1) is 54.4. The molecule has 0 bridgehead atoms. The maximum absolute atomic E-state index is 13.4. The summed E-state index contributed by atoms with van der Waals surface area (Å²) in [6, 6.07) is 47.2. The van der Waals surface area contributed by atoms with Crippen LogP contribution in [0.5, 0.6) is 11.5 Å². The molecule has 0 atom stereocenters. The molecule has 10 rings (SSSR count). The standard InChI is InChI=1S/C74H62Br4N12O17S8/c75-59-29-43(30-60(76)69(59)93)39-81-87-67(91)41-89(57-23-17-45-5-1-3-7-51(45)33-57)73(110)85-55-21-15-49(65(37-55)114(101,102)103)11-9-47-13-19-53(35-63(47)112(95,96)97)83-71(108)79-25-27-107-28-26-80-72(109)84-54-20-14-48(64(36-54)113(98,99)100)10-12-50-16-22-56(38-66(50)115(104,105)106)86-74(111)90(58-24-18-46-6-2-4-8-52(46)34-58)42-68(92)88-82-40-44-31-61(77)70(94)62(78)32-44/h1-24,29-40,93-94H,25-28,41-42H2,(H,85,110)(H,86,111)(H,87,91)(H,88,92)(H2,79,83,108)(H2,80,84,109)(H,95,96,97)(H,98,99,100)(H,101,102,103)(H,104,105,106)/b11-9+,12-10+,81-39+,82-40+. The summed E-state index contributed by atoms with van der Waals surface area (Å²) in [4.78, 5) is 27.3. The van der Waals surface area contributed by atoms with Gasteiger partial charge in [0.2, 0.25) is 0 Å². The third kappa shape index (κ3) is 24.7. The van der Waals surface area contributed by atoms with Crippen LogP contribution in [-0.2, 0) is 54.8 Å². The number of nitrogens with one attached hydrogen (secondary N) is 8. The molecule has 0 saturated carbocycles. The fourth-order valence-corrected chi connectivity index (χ4v) is 17.1. The number of carbonyl (C=O) groups excluding carboxylic acids is 2. The second kappa shape index (κ2) is 38.9. The number of nitrogens with zero attached hydrogens (tertiary/aromatic N) is 4. The molecule has 14 N–H and O–H groups in total. The lowest BCUT2D eigenvalue weighted by Gasteiger charge is -2.25. The van der Waals surface area contributed by atoms with E-state index in [-0.39, 0.29) is 103 Å². The van der Waals surface area contributed by atoms with Gasteiger partial charge in [-0.2, -0.15) is 43.9 Å². The lowest BCUT2D eigenvalue weighted by atomic mass is 10.1. The van der Waals surface area contributed by atoms with Crippen molar-refractivity contribution in [1.82, 2.24) is 21.5 Å². The molecule has 0 saturated heterocycles. The van der Waals surface area contributed by atoms with Crippen molar-refractivity contribution in [2.24, 2.45) is 10.2 Å². The van der Waals surface area contributed by atoms with Crippen molar-refractivity contribution in [2.75, 3.05) is 70.5 Å². The van der Waals surface area contributed by atoms with Crippen LogP contribution in [0.3, 0.4) is 0 Å². The number of fused-ring (bicyclic) bond motifs is 2. The number of aromatic hydroxyl groups is 2. The fourth-order valence-electron chi connectivity index (χ4n) is 10.8. The van der Waals surface area contributed by atoms with E-state index in [1.165, 1.54) is 95.1 Å². The van der Waals surface area contributed by atoms with Gasteiger partial charge in [-0.25, -0.2) is 10.9 Å². The van der Waals surface area contributed by atoms with Gasteiger partial charge in [0.15, 0.2) is 20.4 Å². The molecule has 0 aliphatic rings. The van der Waals surface area contributed by atoms with Gasteiger partial charge < -0.3 is 56.7 Å². The molecule has 0 radical (unpaired) electrons. The van der Waals surface area contributed by atoms with Crippen molar-refractivity contribution in [3.05, 3.63) is 233 Å². The summed E-state index contributed by atoms with van der Waals surface area (Å²) in [7, 11) is -19.9. The van der Waals surface area contributed by atoms with Crippen LogP contribution in [0, 0.1) is 0 Å². The minimum Gasteiger partial charge on any atom is -0.506 e. The molecular formula is C74H62Br4N12O17S8. The van der Waals surface area contributed by atoms with Crippen LogP contribution >= 0.6 is 113 Å². The van der Waals surface area contributed by atoms with E-state index in [9.17, 15) is 71.7 Å². The van der Waals surface area contributed by atoms with E-state index >= 15 is 0 Å². The molecule has 10 aromatic carbocycles. The Balaban J connectivity index is 0.707. The highest BCUT2D eigenvalue weighted by Crippen LogP contribution is 2.36. The Labute approximate surface area is 713 Å². The molecule has 0 aromatic heterocycles.